The summed E-state index contributed by atoms with van der Waals surface area (Å²) < 4.78 is 5.58. The largest absolute Gasteiger partial charge is 0.489 e. The average molecular weight is 221 g/mol. The van der Waals surface area contributed by atoms with Gasteiger partial charge in [0, 0.05) is 11.8 Å². The first-order valence-electron chi connectivity index (χ1n) is 5.84. The van der Waals surface area contributed by atoms with E-state index in [1.54, 1.807) is 12.4 Å². The summed E-state index contributed by atoms with van der Waals surface area (Å²) in [6, 6.07) is 1.89. The Kier molecular flexibility index (Phi) is 2.89. The Bertz CT molecular complexity index is 370. The zero-order valence-electron chi connectivity index (χ0n) is 10.1. The van der Waals surface area contributed by atoms with Gasteiger partial charge < -0.3 is 9.84 Å². The molecule has 0 aromatic carbocycles. The van der Waals surface area contributed by atoms with Gasteiger partial charge in [-0.25, -0.2) is 0 Å². The van der Waals surface area contributed by atoms with Crippen LogP contribution in [0.3, 0.4) is 0 Å². The molecule has 2 rings (SSSR count). The molecule has 1 aromatic rings. The van der Waals surface area contributed by atoms with E-state index in [4.69, 9.17) is 4.74 Å². The highest BCUT2D eigenvalue weighted by molar-refractivity contribution is 5.29. The van der Waals surface area contributed by atoms with E-state index in [9.17, 15) is 5.11 Å². The van der Waals surface area contributed by atoms with Crippen LogP contribution in [0, 0.1) is 5.92 Å². The molecule has 88 valence electrons. The van der Waals surface area contributed by atoms with E-state index in [0.717, 1.165) is 24.2 Å². The summed E-state index contributed by atoms with van der Waals surface area (Å²) in [5.41, 5.74) is 0.0942. The molecule has 1 fully saturated rings. The van der Waals surface area contributed by atoms with Gasteiger partial charge in [0.15, 0.2) is 0 Å². The van der Waals surface area contributed by atoms with E-state index in [1.807, 2.05) is 26.8 Å². The van der Waals surface area contributed by atoms with Crippen LogP contribution in [-0.4, -0.2) is 16.2 Å². The van der Waals surface area contributed by atoms with Crippen molar-refractivity contribution >= 4 is 0 Å². The lowest BCUT2D eigenvalue weighted by Gasteiger charge is -2.23. The van der Waals surface area contributed by atoms with Crippen molar-refractivity contribution < 1.29 is 9.84 Å². The molecule has 0 amide bonds. The van der Waals surface area contributed by atoms with Crippen LogP contribution in [-0.2, 0) is 5.60 Å². The Balaban J connectivity index is 2.21. The first kappa shape index (κ1) is 11.4. The molecule has 0 aliphatic heterocycles. The lowest BCUT2D eigenvalue weighted by atomic mass is 9.92. The maximum Gasteiger partial charge on any atom is 0.138 e. The molecular formula is C13H19NO2. The third-order valence-corrected chi connectivity index (χ3v) is 3.04. The van der Waals surface area contributed by atoms with E-state index in [0.29, 0.717) is 5.92 Å². The van der Waals surface area contributed by atoms with Crippen LogP contribution in [0.1, 0.15) is 39.2 Å². The number of aromatic nitrogens is 1. The van der Waals surface area contributed by atoms with Gasteiger partial charge in [-0.15, -0.1) is 0 Å². The number of hydrogen-bond donors (Lipinski definition) is 1. The van der Waals surface area contributed by atoms with E-state index in [1.165, 1.54) is 0 Å². The smallest absolute Gasteiger partial charge is 0.138 e. The summed E-state index contributed by atoms with van der Waals surface area (Å²) in [6.45, 7) is 5.82. The van der Waals surface area contributed by atoms with Gasteiger partial charge in [-0.1, -0.05) is 0 Å². The molecule has 3 nitrogen and oxygen atoms in total. The van der Waals surface area contributed by atoms with Crippen LogP contribution < -0.4 is 4.74 Å². The van der Waals surface area contributed by atoms with Gasteiger partial charge >= 0.3 is 0 Å². The zero-order chi connectivity index (χ0) is 11.8. The van der Waals surface area contributed by atoms with Gasteiger partial charge in [-0.05, 0) is 45.6 Å². The molecule has 1 unspecified atom stereocenters. The lowest BCUT2D eigenvalue weighted by molar-refractivity contribution is 0.0323. The Morgan fingerprint density at radius 2 is 2.12 bits per heavy atom. The van der Waals surface area contributed by atoms with Crippen LogP contribution in [0.25, 0.3) is 0 Å². The van der Waals surface area contributed by atoms with Gasteiger partial charge in [-0.3, -0.25) is 4.98 Å². The maximum atomic E-state index is 10.4. The topological polar surface area (TPSA) is 42.4 Å². The first-order valence-corrected chi connectivity index (χ1v) is 5.84. The first-order chi connectivity index (χ1) is 7.50. The summed E-state index contributed by atoms with van der Waals surface area (Å²) in [4.78, 5) is 4.13. The van der Waals surface area contributed by atoms with Crippen molar-refractivity contribution in [2.24, 2.45) is 5.92 Å². The SMILES string of the molecule is CC(C)Oc1cncc(C(C)(O)C2CC2)c1. The number of aliphatic hydroxyl groups is 1. The van der Waals surface area contributed by atoms with Gasteiger partial charge in [0.05, 0.1) is 17.9 Å². The van der Waals surface area contributed by atoms with Gasteiger partial charge in [0.25, 0.3) is 0 Å². The number of rotatable bonds is 4. The van der Waals surface area contributed by atoms with Crippen molar-refractivity contribution in [1.29, 1.82) is 0 Å². The van der Waals surface area contributed by atoms with E-state index >= 15 is 0 Å². The molecule has 1 aromatic heterocycles. The van der Waals surface area contributed by atoms with Gasteiger partial charge in [0.2, 0.25) is 0 Å². The Hall–Kier alpha value is -1.09. The second-order valence-corrected chi connectivity index (χ2v) is 5.00. The van der Waals surface area contributed by atoms with Crippen LogP contribution in [0.2, 0.25) is 0 Å². The molecule has 1 heterocycles. The fourth-order valence-corrected chi connectivity index (χ4v) is 1.91. The molecule has 0 bridgehead atoms. The van der Waals surface area contributed by atoms with Crippen LogP contribution >= 0.6 is 0 Å². The number of hydrogen-bond acceptors (Lipinski definition) is 3. The molecule has 3 heteroatoms. The molecule has 0 spiro atoms. The molecule has 0 radical (unpaired) electrons. The summed E-state index contributed by atoms with van der Waals surface area (Å²) in [7, 11) is 0. The fourth-order valence-electron chi connectivity index (χ4n) is 1.91. The summed E-state index contributed by atoms with van der Waals surface area (Å²) in [6.07, 6.45) is 5.74. The monoisotopic (exact) mass is 221 g/mol. The highest BCUT2D eigenvalue weighted by Crippen LogP contribution is 2.45. The fraction of sp³-hybridized carbons (Fsp3) is 0.615. The van der Waals surface area contributed by atoms with E-state index in [-0.39, 0.29) is 6.10 Å². The van der Waals surface area contributed by atoms with Crippen LogP contribution in [0.4, 0.5) is 0 Å². The van der Waals surface area contributed by atoms with Crippen molar-refractivity contribution in [2.45, 2.75) is 45.3 Å². The predicted molar refractivity (Wildman–Crippen MR) is 62.3 cm³/mol. The van der Waals surface area contributed by atoms with Gasteiger partial charge in [0.1, 0.15) is 5.75 Å². The standard InChI is InChI=1S/C13H19NO2/c1-9(2)16-12-6-11(7-14-8-12)13(3,15)10-4-5-10/h6-10,15H,4-5H2,1-3H3. The van der Waals surface area contributed by atoms with Crippen LogP contribution in [0.5, 0.6) is 5.75 Å². The quantitative estimate of drug-likeness (QED) is 0.849. The summed E-state index contributed by atoms with van der Waals surface area (Å²) in [5, 5.41) is 10.4. The summed E-state index contributed by atoms with van der Waals surface area (Å²) in [5.74, 6) is 1.11. The van der Waals surface area contributed by atoms with E-state index < -0.39 is 5.60 Å². The molecule has 1 aliphatic carbocycles. The zero-order valence-corrected chi connectivity index (χ0v) is 10.1. The number of pyridine rings is 1. The van der Waals surface area contributed by atoms with Crippen molar-refractivity contribution in [3.63, 3.8) is 0 Å². The minimum absolute atomic E-state index is 0.128. The third kappa shape index (κ3) is 2.35. The minimum atomic E-state index is -0.761. The highest BCUT2D eigenvalue weighted by atomic mass is 16.5. The molecule has 1 aliphatic rings. The Morgan fingerprint density at radius 3 is 2.69 bits per heavy atom. The summed E-state index contributed by atoms with van der Waals surface area (Å²) >= 11 is 0. The normalized spacial score (nSPS) is 19.6. The molecule has 1 N–H and O–H groups in total. The van der Waals surface area contributed by atoms with Crippen molar-refractivity contribution in [3.05, 3.63) is 24.0 Å². The predicted octanol–water partition coefficient (Wildman–Crippen LogP) is 2.49. The Labute approximate surface area is 96.5 Å². The molecule has 1 saturated carbocycles. The van der Waals surface area contributed by atoms with E-state index in [2.05, 4.69) is 4.98 Å². The minimum Gasteiger partial charge on any atom is -0.489 e. The Morgan fingerprint density at radius 1 is 1.44 bits per heavy atom. The molecule has 16 heavy (non-hydrogen) atoms. The van der Waals surface area contributed by atoms with Crippen molar-refractivity contribution in [2.75, 3.05) is 0 Å². The molecule has 0 saturated heterocycles. The highest BCUT2D eigenvalue weighted by Gasteiger charge is 2.41. The second kappa shape index (κ2) is 4.06. The maximum absolute atomic E-state index is 10.4. The lowest BCUT2D eigenvalue weighted by Crippen LogP contribution is -2.24. The van der Waals surface area contributed by atoms with Crippen molar-refractivity contribution in [3.8, 4) is 5.75 Å². The number of nitrogens with zero attached hydrogens (tertiary/aromatic N) is 1. The average Bonchev–Trinajstić information content (AvgIpc) is 3.00. The van der Waals surface area contributed by atoms with Crippen molar-refractivity contribution in [1.82, 2.24) is 4.98 Å². The third-order valence-electron chi connectivity index (χ3n) is 3.04. The van der Waals surface area contributed by atoms with Crippen LogP contribution in [0.15, 0.2) is 18.5 Å². The molecular weight excluding hydrogens is 202 g/mol. The molecule has 1 atom stereocenters. The second-order valence-electron chi connectivity index (χ2n) is 5.00. The number of ether oxygens (including phenoxy) is 1. The van der Waals surface area contributed by atoms with Gasteiger partial charge in [-0.2, -0.15) is 0 Å².